The summed E-state index contributed by atoms with van der Waals surface area (Å²) in [6.07, 6.45) is 4.79. The van der Waals surface area contributed by atoms with Gasteiger partial charge in [-0.25, -0.2) is 0 Å². The van der Waals surface area contributed by atoms with E-state index in [-0.39, 0.29) is 6.04 Å². The molecule has 0 aromatic heterocycles. The smallest absolute Gasteiger partial charge is 0.126 e. The molecule has 1 unspecified atom stereocenters. The maximum Gasteiger partial charge on any atom is 0.126 e. The molecule has 3 aromatic rings. The average Bonchev–Trinajstić information content (AvgIpc) is 2.88. The van der Waals surface area contributed by atoms with Crippen LogP contribution in [0.3, 0.4) is 0 Å². The Hall–Kier alpha value is -3.14. The van der Waals surface area contributed by atoms with Crippen molar-refractivity contribution in [1.29, 1.82) is 0 Å². The lowest BCUT2D eigenvalue weighted by Gasteiger charge is -2.28. The van der Waals surface area contributed by atoms with Crippen LogP contribution in [-0.4, -0.2) is 34.3 Å². The van der Waals surface area contributed by atoms with E-state index in [4.69, 9.17) is 4.74 Å². The monoisotopic (exact) mass is 473 g/mol. The third-order valence-electron chi connectivity index (χ3n) is 6.64. The number of para-hydroxylation sites is 1. The molecule has 0 saturated carbocycles. The molecular formula is C31H43N3O. The van der Waals surface area contributed by atoms with E-state index >= 15 is 0 Å². The zero-order valence-corrected chi connectivity index (χ0v) is 22.5. The Morgan fingerprint density at radius 2 is 1.46 bits per heavy atom. The van der Waals surface area contributed by atoms with Gasteiger partial charge < -0.3 is 19.9 Å². The third-order valence-corrected chi connectivity index (χ3v) is 6.64. The number of hydrogen-bond acceptors (Lipinski definition) is 4. The Morgan fingerprint density at radius 1 is 0.829 bits per heavy atom. The highest BCUT2D eigenvalue weighted by atomic mass is 16.5. The van der Waals surface area contributed by atoms with E-state index in [0.29, 0.717) is 0 Å². The lowest BCUT2D eigenvalue weighted by molar-refractivity contribution is 0.408. The molecule has 0 aliphatic carbocycles. The fourth-order valence-electron chi connectivity index (χ4n) is 4.40. The Balaban J connectivity index is 2.03. The summed E-state index contributed by atoms with van der Waals surface area (Å²) >= 11 is 0. The van der Waals surface area contributed by atoms with E-state index in [2.05, 4.69) is 117 Å². The Kier molecular flexibility index (Phi) is 9.89. The zero-order chi connectivity index (χ0) is 25.2. The van der Waals surface area contributed by atoms with Crippen molar-refractivity contribution in [2.24, 2.45) is 0 Å². The number of unbranched alkanes of at least 4 members (excludes halogenated alkanes) is 2. The number of nitrogens with one attached hydrogen (secondary N) is 1. The highest BCUT2D eigenvalue weighted by molar-refractivity contribution is 5.61. The van der Waals surface area contributed by atoms with Crippen molar-refractivity contribution >= 4 is 17.1 Å². The number of ether oxygens (including phenoxy) is 1. The van der Waals surface area contributed by atoms with Crippen LogP contribution in [-0.2, 0) is 0 Å². The van der Waals surface area contributed by atoms with Crippen LogP contribution in [0.25, 0.3) is 0 Å². The maximum atomic E-state index is 6.00. The van der Waals surface area contributed by atoms with Crippen LogP contribution in [0.2, 0.25) is 0 Å². The van der Waals surface area contributed by atoms with E-state index in [0.717, 1.165) is 30.1 Å². The molecule has 1 N–H and O–H groups in total. The zero-order valence-electron chi connectivity index (χ0n) is 22.5. The molecule has 0 radical (unpaired) electrons. The number of methoxy groups -OCH3 is 1. The molecule has 3 rings (SSSR count). The van der Waals surface area contributed by atoms with Gasteiger partial charge in [0.25, 0.3) is 0 Å². The number of anilines is 3. The Labute approximate surface area is 212 Å². The summed E-state index contributed by atoms with van der Waals surface area (Å²) in [5.74, 6) is 0.920. The van der Waals surface area contributed by atoms with Gasteiger partial charge in [-0.3, -0.25) is 0 Å². The molecule has 3 aromatic carbocycles. The molecule has 188 valence electrons. The van der Waals surface area contributed by atoms with Gasteiger partial charge in [0.05, 0.1) is 13.2 Å². The quantitative estimate of drug-likeness (QED) is 0.275. The third kappa shape index (κ3) is 6.94. The van der Waals surface area contributed by atoms with Crippen molar-refractivity contribution in [1.82, 2.24) is 0 Å². The molecule has 0 spiro atoms. The minimum absolute atomic E-state index is 0.0314. The van der Waals surface area contributed by atoms with E-state index < -0.39 is 0 Å². The molecule has 0 bridgehead atoms. The van der Waals surface area contributed by atoms with Crippen molar-refractivity contribution in [2.45, 2.75) is 52.5 Å². The maximum absolute atomic E-state index is 6.00. The first-order valence-corrected chi connectivity index (χ1v) is 13.0. The molecule has 0 fully saturated rings. The average molecular weight is 474 g/mol. The molecule has 1 atom stereocenters. The fraction of sp³-hybridized carbons (Fsp3) is 0.419. The summed E-state index contributed by atoms with van der Waals surface area (Å²) in [5, 5.41) is 3.81. The highest BCUT2D eigenvalue weighted by Crippen LogP contribution is 2.37. The standard InChI is InChI=1S/C31H43N3O/c1-7-9-21-34(22-10-8-2)27-19-20-28(30(23-27)35-6)31(32-29-14-12-11-13-24(29)3)25-15-17-26(18-16-25)33(4)5/h11-20,23,31-32H,7-10,21-22H2,1-6H3. The fourth-order valence-corrected chi connectivity index (χ4v) is 4.40. The Morgan fingerprint density at radius 3 is 2.03 bits per heavy atom. The molecule has 4 nitrogen and oxygen atoms in total. The second-order valence-corrected chi connectivity index (χ2v) is 9.50. The number of rotatable bonds is 13. The second kappa shape index (κ2) is 13.1. The van der Waals surface area contributed by atoms with Gasteiger partial charge in [-0.05, 0) is 55.2 Å². The van der Waals surface area contributed by atoms with Crippen LogP contribution in [0.1, 0.15) is 62.3 Å². The topological polar surface area (TPSA) is 27.7 Å². The van der Waals surface area contributed by atoms with Crippen molar-refractivity contribution in [2.75, 3.05) is 49.4 Å². The van der Waals surface area contributed by atoms with Crippen molar-refractivity contribution < 1.29 is 4.74 Å². The molecule has 0 aliphatic rings. The van der Waals surface area contributed by atoms with Crippen LogP contribution in [0.15, 0.2) is 66.7 Å². The summed E-state index contributed by atoms with van der Waals surface area (Å²) in [7, 11) is 5.93. The molecule has 0 aliphatic heterocycles. The summed E-state index contributed by atoms with van der Waals surface area (Å²) in [5.41, 5.74) is 7.14. The van der Waals surface area contributed by atoms with E-state index in [9.17, 15) is 0 Å². The van der Waals surface area contributed by atoms with Gasteiger partial charge in [0.2, 0.25) is 0 Å². The highest BCUT2D eigenvalue weighted by Gasteiger charge is 2.21. The molecule has 0 heterocycles. The lowest BCUT2D eigenvalue weighted by Crippen LogP contribution is -2.25. The van der Waals surface area contributed by atoms with Crippen LogP contribution < -0.4 is 19.9 Å². The van der Waals surface area contributed by atoms with Crippen molar-refractivity contribution in [3.8, 4) is 5.75 Å². The summed E-state index contributed by atoms with van der Waals surface area (Å²) in [6.45, 7) is 8.82. The molecule has 35 heavy (non-hydrogen) atoms. The van der Waals surface area contributed by atoms with Crippen molar-refractivity contribution in [3.05, 3.63) is 83.4 Å². The number of aryl methyl sites for hydroxylation is 1. The van der Waals surface area contributed by atoms with Gasteiger partial charge in [0.15, 0.2) is 0 Å². The first kappa shape index (κ1) is 26.5. The van der Waals surface area contributed by atoms with Gasteiger partial charge in [0.1, 0.15) is 5.75 Å². The minimum Gasteiger partial charge on any atom is -0.496 e. The molecule has 4 heteroatoms. The van der Waals surface area contributed by atoms with E-state index in [1.807, 2.05) is 0 Å². The van der Waals surface area contributed by atoms with Gasteiger partial charge in [0, 0.05) is 55.9 Å². The molecule has 0 saturated heterocycles. The largest absolute Gasteiger partial charge is 0.496 e. The van der Waals surface area contributed by atoms with Gasteiger partial charge in [-0.1, -0.05) is 63.1 Å². The lowest BCUT2D eigenvalue weighted by atomic mass is 9.96. The van der Waals surface area contributed by atoms with Gasteiger partial charge >= 0.3 is 0 Å². The number of hydrogen-bond donors (Lipinski definition) is 1. The minimum atomic E-state index is -0.0314. The predicted octanol–water partition coefficient (Wildman–Crippen LogP) is 7.68. The first-order chi connectivity index (χ1) is 17.0. The van der Waals surface area contributed by atoms with Gasteiger partial charge in [-0.2, -0.15) is 0 Å². The Bertz CT molecular complexity index is 1040. The predicted molar refractivity (Wildman–Crippen MR) is 152 cm³/mol. The van der Waals surface area contributed by atoms with E-state index in [1.165, 1.54) is 48.2 Å². The SMILES string of the molecule is CCCCN(CCCC)c1ccc(C(Nc2ccccc2C)c2ccc(N(C)C)cc2)c(OC)c1. The van der Waals surface area contributed by atoms with Crippen LogP contribution in [0, 0.1) is 6.92 Å². The van der Waals surface area contributed by atoms with Gasteiger partial charge in [-0.15, -0.1) is 0 Å². The summed E-state index contributed by atoms with van der Waals surface area (Å²) in [6, 6.07) is 24.0. The van der Waals surface area contributed by atoms with Crippen LogP contribution >= 0.6 is 0 Å². The summed E-state index contributed by atoms with van der Waals surface area (Å²) < 4.78 is 6.00. The molecular weight excluding hydrogens is 430 g/mol. The van der Waals surface area contributed by atoms with Crippen LogP contribution in [0.5, 0.6) is 5.75 Å². The second-order valence-electron chi connectivity index (χ2n) is 9.50. The number of benzene rings is 3. The first-order valence-electron chi connectivity index (χ1n) is 13.0. The number of nitrogens with zero attached hydrogens (tertiary/aromatic N) is 2. The van der Waals surface area contributed by atoms with E-state index in [1.54, 1.807) is 7.11 Å². The van der Waals surface area contributed by atoms with Crippen molar-refractivity contribution in [3.63, 3.8) is 0 Å². The van der Waals surface area contributed by atoms with Crippen LogP contribution in [0.4, 0.5) is 17.1 Å². The molecule has 0 amide bonds. The summed E-state index contributed by atoms with van der Waals surface area (Å²) in [4.78, 5) is 4.64. The normalized spacial score (nSPS) is 11.7.